The monoisotopic (exact) mass is 282 g/mol. The van der Waals surface area contributed by atoms with Crippen molar-refractivity contribution in [2.24, 2.45) is 0 Å². The minimum absolute atomic E-state index is 0.288. The SMILES string of the molecule is FC(F)(F)SOc1cccc2c1Cc1ccccc1-2. The fraction of sp³-hybridized carbons (Fsp3) is 0.143. The molecule has 0 aliphatic heterocycles. The minimum atomic E-state index is -4.39. The molecule has 1 nitrogen and oxygen atoms in total. The van der Waals surface area contributed by atoms with Gasteiger partial charge in [0.25, 0.3) is 0 Å². The Hall–Kier alpha value is -1.62. The van der Waals surface area contributed by atoms with Crippen molar-refractivity contribution in [3.8, 4) is 16.9 Å². The highest BCUT2D eigenvalue weighted by Crippen LogP contribution is 2.43. The van der Waals surface area contributed by atoms with Crippen LogP contribution >= 0.6 is 12.0 Å². The van der Waals surface area contributed by atoms with Gasteiger partial charge in [-0.2, -0.15) is 13.2 Å². The van der Waals surface area contributed by atoms with Gasteiger partial charge >= 0.3 is 5.51 Å². The van der Waals surface area contributed by atoms with Gasteiger partial charge in [0, 0.05) is 12.0 Å². The molecule has 0 fully saturated rings. The van der Waals surface area contributed by atoms with Gasteiger partial charge in [-0.3, -0.25) is 0 Å². The molecule has 1 aliphatic rings. The molecular weight excluding hydrogens is 273 g/mol. The van der Waals surface area contributed by atoms with Crippen LogP contribution in [0.25, 0.3) is 11.1 Å². The predicted molar refractivity (Wildman–Crippen MR) is 69.0 cm³/mol. The summed E-state index contributed by atoms with van der Waals surface area (Å²) in [4.78, 5) is 0. The van der Waals surface area contributed by atoms with Crippen molar-refractivity contribution in [2.45, 2.75) is 11.9 Å². The van der Waals surface area contributed by atoms with Gasteiger partial charge in [-0.25, -0.2) is 0 Å². The second kappa shape index (κ2) is 4.49. The quantitative estimate of drug-likeness (QED) is 0.624. The van der Waals surface area contributed by atoms with Crippen molar-refractivity contribution in [3.63, 3.8) is 0 Å². The van der Waals surface area contributed by atoms with Gasteiger partial charge in [0.1, 0.15) is 5.75 Å². The van der Waals surface area contributed by atoms with E-state index >= 15 is 0 Å². The molecule has 0 saturated heterocycles. The third-order valence-electron chi connectivity index (χ3n) is 3.03. The number of benzene rings is 2. The zero-order chi connectivity index (χ0) is 13.5. The fourth-order valence-electron chi connectivity index (χ4n) is 2.30. The van der Waals surface area contributed by atoms with Gasteiger partial charge in [0.2, 0.25) is 0 Å². The molecule has 0 heterocycles. The van der Waals surface area contributed by atoms with E-state index in [1.807, 2.05) is 30.3 Å². The van der Waals surface area contributed by atoms with E-state index in [-0.39, 0.29) is 5.75 Å². The lowest BCUT2D eigenvalue weighted by atomic mass is 10.1. The van der Waals surface area contributed by atoms with Gasteiger partial charge in [-0.15, -0.1) is 0 Å². The molecule has 2 aromatic carbocycles. The van der Waals surface area contributed by atoms with Crippen LogP contribution < -0.4 is 4.18 Å². The number of fused-ring (bicyclic) bond motifs is 3. The molecular formula is C14H9F3OS. The Morgan fingerprint density at radius 2 is 1.68 bits per heavy atom. The zero-order valence-corrected chi connectivity index (χ0v) is 10.5. The normalized spacial score (nSPS) is 13.0. The van der Waals surface area contributed by atoms with Crippen molar-refractivity contribution in [1.82, 2.24) is 0 Å². The summed E-state index contributed by atoms with van der Waals surface area (Å²) in [5, 5.41) is 0. The predicted octanol–water partition coefficient (Wildman–Crippen LogP) is 4.80. The van der Waals surface area contributed by atoms with E-state index in [1.54, 1.807) is 12.1 Å². The summed E-state index contributed by atoms with van der Waals surface area (Å²) in [6, 6.07) is 13.0. The van der Waals surface area contributed by atoms with E-state index in [4.69, 9.17) is 4.18 Å². The molecule has 19 heavy (non-hydrogen) atoms. The number of hydrogen-bond donors (Lipinski definition) is 0. The average Bonchev–Trinajstić information content (AvgIpc) is 2.74. The van der Waals surface area contributed by atoms with Crippen LogP contribution in [0.2, 0.25) is 0 Å². The summed E-state index contributed by atoms with van der Waals surface area (Å²) in [5.74, 6) is 0.288. The van der Waals surface area contributed by atoms with Crippen LogP contribution in [0.5, 0.6) is 5.75 Å². The Balaban J connectivity index is 1.95. The summed E-state index contributed by atoms with van der Waals surface area (Å²) in [6.07, 6.45) is 0.611. The van der Waals surface area contributed by atoms with Crippen LogP contribution in [-0.2, 0) is 6.42 Å². The van der Waals surface area contributed by atoms with E-state index in [1.165, 1.54) is 0 Å². The second-order valence-corrected chi connectivity index (χ2v) is 5.02. The first kappa shape index (κ1) is 12.4. The minimum Gasteiger partial charge on any atom is -0.417 e. The highest BCUT2D eigenvalue weighted by molar-refractivity contribution is 7.95. The lowest BCUT2D eigenvalue weighted by molar-refractivity contribution is -0.0369. The molecule has 0 atom stereocenters. The first-order valence-electron chi connectivity index (χ1n) is 5.67. The first-order chi connectivity index (χ1) is 9.04. The number of alkyl halides is 3. The van der Waals surface area contributed by atoms with Gasteiger partial charge in [-0.05, 0) is 22.8 Å². The highest BCUT2D eigenvalue weighted by atomic mass is 32.2. The zero-order valence-electron chi connectivity index (χ0n) is 9.70. The Kier molecular flexibility index (Phi) is 2.93. The summed E-state index contributed by atoms with van der Waals surface area (Å²) < 4.78 is 41.4. The van der Waals surface area contributed by atoms with Crippen LogP contribution in [-0.4, -0.2) is 5.51 Å². The topological polar surface area (TPSA) is 9.23 Å². The average molecular weight is 282 g/mol. The molecule has 1 aliphatic carbocycles. The second-order valence-electron chi connectivity index (χ2n) is 4.23. The third kappa shape index (κ3) is 2.42. The molecule has 0 N–H and O–H groups in total. The Morgan fingerprint density at radius 3 is 2.47 bits per heavy atom. The summed E-state index contributed by atoms with van der Waals surface area (Å²) in [5.41, 5.74) is -0.435. The van der Waals surface area contributed by atoms with Crippen LogP contribution in [0.15, 0.2) is 42.5 Å². The maximum absolute atomic E-state index is 12.2. The van der Waals surface area contributed by atoms with Gasteiger partial charge in [0.15, 0.2) is 12.0 Å². The van der Waals surface area contributed by atoms with E-state index in [0.29, 0.717) is 6.42 Å². The van der Waals surface area contributed by atoms with E-state index in [0.717, 1.165) is 22.3 Å². The maximum atomic E-state index is 12.2. The molecule has 3 rings (SSSR count). The molecule has 0 bridgehead atoms. The van der Waals surface area contributed by atoms with Crippen molar-refractivity contribution in [1.29, 1.82) is 0 Å². The molecule has 98 valence electrons. The van der Waals surface area contributed by atoms with Gasteiger partial charge in [-0.1, -0.05) is 36.4 Å². The van der Waals surface area contributed by atoms with E-state index in [9.17, 15) is 13.2 Å². The Bertz CT molecular complexity index is 622. The van der Waals surface area contributed by atoms with Crippen molar-refractivity contribution in [3.05, 3.63) is 53.6 Å². The largest absolute Gasteiger partial charge is 0.479 e. The number of rotatable bonds is 2. The number of hydrogen-bond acceptors (Lipinski definition) is 2. The third-order valence-corrected chi connectivity index (χ3v) is 3.49. The number of halogens is 3. The molecule has 2 aromatic rings. The van der Waals surface area contributed by atoms with E-state index in [2.05, 4.69) is 0 Å². The van der Waals surface area contributed by atoms with Crippen molar-refractivity contribution >= 4 is 12.0 Å². The maximum Gasteiger partial charge on any atom is 0.479 e. The van der Waals surface area contributed by atoms with Crippen molar-refractivity contribution in [2.75, 3.05) is 0 Å². The highest BCUT2D eigenvalue weighted by Gasteiger charge is 2.32. The van der Waals surface area contributed by atoms with Crippen LogP contribution in [0.1, 0.15) is 11.1 Å². The molecule has 0 radical (unpaired) electrons. The van der Waals surface area contributed by atoms with Gasteiger partial charge in [0.05, 0.1) is 0 Å². The summed E-state index contributed by atoms with van der Waals surface area (Å²) in [6.45, 7) is 0. The molecule has 0 spiro atoms. The summed E-state index contributed by atoms with van der Waals surface area (Å²) >= 11 is -0.469. The van der Waals surface area contributed by atoms with E-state index < -0.39 is 17.6 Å². The Labute approximate surface area is 112 Å². The van der Waals surface area contributed by atoms with Crippen LogP contribution in [0, 0.1) is 0 Å². The smallest absolute Gasteiger partial charge is 0.417 e. The molecule has 0 unspecified atom stereocenters. The fourth-order valence-corrected chi connectivity index (χ4v) is 2.64. The first-order valence-corrected chi connectivity index (χ1v) is 6.41. The lowest BCUT2D eigenvalue weighted by Crippen LogP contribution is -2.03. The lowest BCUT2D eigenvalue weighted by Gasteiger charge is -2.10. The molecule has 0 saturated carbocycles. The van der Waals surface area contributed by atoms with Crippen LogP contribution in [0.4, 0.5) is 13.2 Å². The van der Waals surface area contributed by atoms with Gasteiger partial charge < -0.3 is 4.18 Å². The molecule has 0 amide bonds. The van der Waals surface area contributed by atoms with Crippen LogP contribution in [0.3, 0.4) is 0 Å². The summed E-state index contributed by atoms with van der Waals surface area (Å²) in [7, 11) is 0. The standard InChI is InChI=1S/C14H9F3OS/c15-14(16,17)19-18-13-7-3-6-11-10-5-2-1-4-9(10)8-12(11)13/h1-7H,8H2. The van der Waals surface area contributed by atoms with Crippen molar-refractivity contribution < 1.29 is 17.4 Å². The Morgan fingerprint density at radius 1 is 0.947 bits per heavy atom. The molecule has 5 heteroatoms. The molecule has 0 aromatic heterocycles.